The minimum Gasteiger partial charge on any atom is -0.392 e. The second-order valence-electron chi connectivity index (χ2n) is 6.01. The Hall–Kier alpha value is -0.290. The maximum Gasteiger partial charge on any atom is 0.233 e. The van der Waals surface area contributed by atoms with E-state index in [1.54, 1.807) is 11.8 Å². The number of amides is 1. The Labute approximate surface area is 126 Å². The van der Waals surface area contributed by atoms with Crippen LogP contribution in [0.1, 0.15) is 52.4 Å². The molecule has 0 aliphatic heterocycles. The van der Waals surface area contributed by atoms with Crippen LogP contribution in [0.15, 0.2) is 0 Å². The van der Waals surface area contributed by atoms with Gasteiger partial charge in [0.1, 0.15) is 0 Å². The van der Waals surface area contributed by atoms with Gasteiger partial charge in [-0.25, -0.2) is 0 Å². The Morgan fingerprint density at radius 1 is 1.32 bits per heavy atom. The molecular formula is C14H26N2OS2. The van der Waals surface area contributed by atoms with Gasteiger partial charge in [-0.05, 0) is 32.9 Å². The van der Waals surface area contributed by atoms with Crippen LogP contribution in [0, 0.1) is 5.41 Å². The van der Waals surface area contributed by atoms with Crippen LogP contribution in [-0.4, -0.2) is 28.4 Å². The first kappa shape index (κ1) is 16.8. The number of carbonyl (C=O) groups is 1. The number of thiocarbonyl (C=S) groups is 1. The summed E-state index contributed by atoms with van der Waals surface area (Å²) in [5.41, 5.74) is 5.30. The van der Waals surface area contributed by atoms with E-state index in [4.69, 9.17) is 18.0 Å². The minimum atomic E-state index is -0.611. The second kappa shape index (κ2) is 6.93. The average molecular weight is 303 g/mol. The van der Waals surface area contributed by atoms with Crippen molar-refractivity contribution >= 4 is 34.9 Å². The highest BCUT2D eigenvalue weighted by atomic mass is 32.2. The molecular weight excluding hydrogens is 276 g/mol. The first-order valence-electron chi connectivity index (χ1n) is 6.97. The smallest absolute Gasteiger partial charge is 0.233 e. The lowest BCUT2D eigenvalue weighted by Crippen LogP contribution is -2.51. The highest BCUT2D eigenvalue weighted by Gasteiger charge is 2.41. The molecule has 0 radical (unpaired) electrons. The van der Waals surface area contributed by atoms with Gasteiger partial charge in [-0.15, -0.1) is 0 Å². The summed E-state index contributed by atoms with van der Waals surface area (Å²) < 4.78 is 0.0395. The standard InChI is InChI=1S/C14H26N2OS2/c1-13(2,19-3)10-16-12(17)14(11(15)18)8-6-4-5-7-9-14/h4-10H2,1-3H3,(H2,15,18)(H,16,17). The Morgan fingerprint density at radius 3 is 2.26 bits per heavy atom. The van der Waals surface area contributed by atoms with Crippen molar-refractivity contribution in [3.8, 4) is 0 Å². The molecule has 0 bridgehead atoms. The SMILES string of the molecule is CSC(C)(C)CNC(=O)C1(C(N)=S)CCCCCC1. The van der Waals surface area contributed by atoms with Crippen LogP contribution in [0.5, 0.6) is 0 Å². The largest absolute Gasteiger partial charge is 0.392 e. The summed E-state index contributed by atoms with van der Waals surface area (Å²) in [6.45, 7) is 4.90. The van der Waals surface area contributed by atoms with E-state index in [1.807, 2.05) is 0 Å². The van der Waals surface area contributed by atoms with E-state index in [9.17, 15) is 4.79 Å². The van der Waals surface area contributed by atoms with Crippen LogP contribution in [0.3, 0.4) is 0 Å². The predicted molar refractivity (Wildman–Crippen MR) is 87.5 cm³/mol. The lowest BCUT2D eigenvalue weighted by atomic mass is 9.79. The first-order chi connectivity index (χ1) is 8.84. The van der Waals surface area contributed by atoms with E-state index in [0.29, 0.717) is 11.5 Å². The average Bonchev–Trinajstić information content (AvgIpc) is 2.62. The Bertz CT molecular complexity index is 334. The molecule has 0 heterocycles. The number of carbonyl (C=O) groups excluding carboxylic acids is 1. The number of rotatable bonds is 5. The number of thioether (sulfide) groups is 1. The van der Waals surface area contributed by atoms with Crippen LogP contribution >= 0.6 is 24.0 Å². The molecule has 3 N–H and O–H groups in total. The maximum atomic E-state index is 12.6. The molecule has 1 aliphatic rings. The van der Waals surface area contributed by atoms with E-state index in [1.165, 1.54) is 12.8 Å². The summed E-state index contributed by atoms with van der Waals surface area (Å²) in [4.78, 5) is 13.0. The summed E-state index contributed by atoms with van der Waals surface area (Å²) in [6, 6.07) is 0. The fraction of sp³-hybridized carbons (Fsp3) is 0.857. The topological polar surface area (TPSA) is 55.1 Å². The van der Waals surface area contributed by atoms with Crippen molar-refractivity contribution in [3.63, 3.8) is 0 Å². The highest BCUT2D eigenvalue weighted by Crippen LogP contribution is 2.36. The van der Waals surface area contributed by atoms with Gasteiger partial charge in [0.05, 0.1) is 10.4 Å². The van der Waals surface area contributed by atoms with Crippen molar-refractivity contribution < 1.29 is 4.79 Å². The molecule has 0 spiro atoms. The van der Waals surface area contributed by atoms with E-state index in [-0.39, 0.29) is 10.7 Å². The minimum absolute atomic E-state index is 0.0315. The number of nitrogens with one attached hydrogen (secondary N) is 1. The van der Waals surface area contributed by atoms with Gasteiger partial charge in [0, 0.05) is 11.3 Å². The van der Waals surface area contributed by atoms with E-state index >= 15 is 0 Å². The van der Waals surface area contributed by atoms with Gasteiger partial charge < -0.3 is 11.1 Å². The van der Waals surface area contributed by atoms with E-state index in [2.05, 4.69) is 25.4 Å². The fourth-order valence-corrected chi connectivity index (χ4v) is 2.97. The van der Waals surface area contributed by atoms with E-state index < -0.39 is 5.41 Å². The molecule has 0 aromatic rings. The number of hydrogen-bond acceptors (Lipinski definition) is 3. The molecule has 1 amide bonds. The Morgan fingerprint density at radius 2 is 1.84 bits per heavy atom. The molecule has 110 valence electrons. The molecule has 1 saturated carbocycles. The molecule has 0 aromatic carbocycles. The van der Waals surface area contributed by atoms with Crippen LogP contribution in [-0.2, 0) is 4.79 Å². The van der Waals surface area contributed by atoms with Crippen LogP contribution < -0.4 is 11.1 Å². The van der Waals surface area contributed by atoms with Gasteiger partial charge in [-0.2, -0.15) is 11.8 Å². The maximum absolute atomic E-state index is 12.6. The summed E-state index contributed by atoms with van der Waals surface area (Å²) >= 11 is 6.96. The molecule has 1 fully saturated rings. The quantitative estimate of drug-likeness (QED) is 0.606. The summed E-state index contributed by atoms with van der Waals surface area (Å²) in [5, 5.41) is 3.07. The molecule has 5 heteroatoms. The van der Waals surface area contributed by atoms with E-state index in [0.717, 1.165) is 25.7 Å². The van der Waals surface area contributed by atoms with Crippen LogP contribution in [0.4, 0.5) is 0 Å². The van der Waals surface area contributed by atoms with Crippen molar-refractivity contribution in [2.24, 2.45) is 11.1 Å². The zero-order chi connectivity index (χ0) is 14.5. The van der Waals surface area contributed by atoms with Crippen LogP contribution in [0.2, 0.25) is 0 Å². The Balaban J connectivity index is 2.75. The molecule has 1 rings (SSSR count). The van der Waals surface area contributed by atoms with Gasteiger partial charge in [-0.1, -0.05) is 37.9 Å². The monoisotopic (exact) mass is 302 g/mol. The predicted octanol–water partition coefficient (Wildman–Crippen LogP) is 2.87. The first-order valence-corrected chi connectivity index (χ1v) is 8.61. The number of hydrogen-bond donors (Lipinski definition) is 2. The van der Waals surface area contributed by atoms with Crippen molar-refractivity contribution in [2.75, 3.05) is 12.8 Å². The molecule has 1 aliphatic carbocycles. The van der Waals surface area contributed by atoms with Crippen molar-refractivity contribution in [2.45, 2.75) is 57.1 Å². The third-order valence-electron chi connectivity index (χ3n) is 4.09. The molecule has 0 saturated heterocycles. The summed E-state index contributed by atoms with van der Waals surface area (Å²) in [7, 11) is 0. The summed E-state index contributed by atoms with van der Waals surface area (Å²) in [6.07, 6.45) is 8.08. The van der Waals surface area contributed by atoms with Gasteiger partial charge in [-0.3, -0.25) is 4.79 Å². The Kier molecular flexibility index (Phi) is 6.12. The number of nitrogens with two attached hydrogens (primary N) is 1. The fourth-order valence-electron chi connectivity index (χ4n) is 2.45. The molecule has 0 atom stereocenters. The third-order valence-corrected chi connectivity index (χ3v) is 5.73. The van der Waals surface area contributed by atoms with Gasteiger partial charge in [0.15, 0.2) is 0 Å². The molecule has 0 aromatic heterocycles. The lowest BCUT2D eigenvalue weighted by molar-refractivity contribution is -0.128. The highest BCUT2D eigenvalue weighted by molar-refractivity contribution is 7.99. The van der Waals surface area contributed by atoms with Crippen molar-refractivity contribution in [1.82, 2.24) is 5.32 Å². The van der Waals surface area contributed by atoms with Crippen molar-refractivity contribution in [1.29, 1.82) is 0 Å². The zero-order valence-corrected chi connectivity index (χ0v) is 13.9. The third kappa shape index (κ3) is 4.35. The molecule has 3 nitrogen and oxygen atoms in total. The summed E-state index contributed by atoms with van der Waals surface area (Å²) in [5.74, 6) is 0.0315. The zero-order valence-electron chi connectivity index (χ0n) is 12.3. The second-order valence-corrected chi connectivity index (χ2v) is 7.96. The van der Waals surface area contributed by atoms with Gasteiger partial charge in [0.25, 0.3) is 0 Å². The normalized spacial score (nSPS) is 19.5. The van der Waals surface area contributed by atoms with Crippen LogP contribution in [0.25, 0.3) is 0 Å². The van der Waals surface area contributed by atoms with Gasteiger partial charge >= 0.3 is 0 Å². The molecule has 19 heavy (non-hydrogen) atoms. The lowest BCUT2D eigenvalue weighted by Gasteiger charge is -2.32. The molecule has 0 unspecified atom stereocenters. The van der Waals surface area contributed by atoms with Gasteiger partial charge in [0.2, 0.25) is 5.91 Å². The van der Waals surface area contributed by atoms with Crippen molar-refractivity contribution in [3.05, 3.63) is 0 Å².